The molecule has 2 rings (SSSR count). The summed E-state index contributed by atoms with van der Waals surface area (Å²) in [5, 5.41) is 0.0960. The van der Waals surface area contributed by atoms with E-state index >= 15 is 0 Å². The van der Waals surface area contributed by atoms with E-state index in [1.54, 1.807) is 0 Å². The Morgan fingerprint density at radius 1 is 1.35 bits per heavy atom. The van der Waals surface area contributed by atoms with E-state index in [0.29, 0.717) is 18.3 Å². The molecular weight excluding hydrogens is 239 g/mol. The van der Waals surface area contributed by atoms with E-state index in [0.717, 1.165) is 5.56 Å². The van der Waals surface area contributed by atoms with Crippen molar-refractivity contribution in [2.45, 2.75) is 39.0 Å². The SMILES string of the molecule is CC(C)(C)c1cc(F)c(Cl)c(OCC2CC2)c1. The molecule has 0 unspecified atom stereocenters. The monoisotopic (exact) mass is 256 g/mol. The molecule has 1 aliphatic rings. The highest BCUT2D eigenvalue weighted by Crippen LogP contribution is 2.36. The highest BCUT2D eigenvalue weighted by molar-refractivity contribution is 6.32. The van der Waals surface area contributed by atoms with Gasteiger partial charge in [0.2, 0.25) is 0 Å². The van der Waals surface area contributed by atoms with Crippen LogP contribution in [-0.4, -0.2) is 6.61 Å². The maximum Gasteiger partial charge on any atom is 0.145 e. The van der Waals surface area contributed by atoms with E-state index in [-0.39, 0.29) is 10.4 Å². The van der Waals surface area contributed by atoms with Crippen LogP contribution in [0.1, 0.15) is 39.2 Å². The molecule has 1 aliphatic carbocycles. The van der Waals surface area contributed by atoms with Crippen LogP contribution in [0.25, 0.3) is 0 Å². The van der Waals surface area contributed by atoms with Crippen molar-refractivity contribution < 1.29 is 9.13 Å². The largest absolute Gasteiger partial charge is 0.492 e. The lowest BCUT2D eigenvalue weighted by molar-refractivity contribution is 0.297. The van der Waals surface area contributed by atoms with Gasteiger partial charge in [0.1, 0.15) is 16.6 Å². The van der Waals surface area contributed by atoms with Crippen LogP contribution in [0.4, 0.5) is 4.39 Å². The first kappa shape index (κ1) is 12.7. The molecule has 17 heavy (non-hydrogen) atoms. The maximum absolute atomic E-state index is 13.7. The van der Waals surface area contributed by atoms with E-state index in [1.165, 1.54) is 18.9 Å². The van der Waals surface area contributed by atoms with Crippen LogP contribution in [0.5, 0.6) is 5.75 Å². The fourth-order valence-corrected chi connectivity index (χ4v) is 1.76. The molecule has 1 nitrogen and oxygen atoms in total. The molecule has 94 valence electrons. The Balaban J connectivity index is 2.25. The van der Waals surface area contributed by atoms with Crippen molar-refractivity contribution in [3.63, 3.8) is 0 Å². The van der Waals surface area contributed by atoms with Gasteiger partial charge in [-0.05, 0) is 41.9 Å². The Morgan fingerprint density at radius 3 is 2.53 bits per heavy atom. The lowest BCUT2D eigenvalue weighted by Gasteiger charge is -2.21. The van der Waals surface area contributed by atoms with Crippen LogP contribution in [0.3, 0.4) is 0 Å². The van der Waals surface area contributed by atoms with Crippen LogP contribution >= 0.6 is 11.6 Å². The molecule has 0 N–H and O–H groups in total. The third kappa shape index (κ3) is 3.12. The van der Waals surface area contributed by atoms with Crippen LogP contribution < -0.4 is 4.74 Å². The van der Waals surface area contributed by atoms with Gasteiger partial charge in [-0.25, -0.2) is 4.39 Å². The lowest BCUT2D eigenvalue weighted by Crippen LogP contribution is -2.12. The maximum atomic E-state index is 13.7. The first-order valence-electron chi connectivity index (χ1n) is 6.00. The second-order valence-electron chi connectivity index (χ2n) is 5.77. The van der Waals surface area contributed by atoms with E-state index in [2.05, 4.69) is 0 Å². The zero-order valence-corrected chi connectivity index (χ0v) is 11.3. The van der Waals surface area contributed by atoms with Gasteiger partial charge in [0, 0.05) is 0 Å². The van der Waals surface area contributed by atoms with Gasteiger partial charge in [-0.3, -0.25) is 0 Å². The van der Waals surface area contributed by atoms with E-state index in [9.17, 15) is 4.39 Å². The summed E-state index contributed by atoms with van der Waals surface area (Å²) in [5.74, 6) is 0.709. The standard InChI is InChI=1S/C14H18ClFO/c1-14(2,3)10-6-11(16)13(15)12(7-10)17-8-9-4-5-9/h6-7,9H,4-5,8H2,1-3H3. The summed E-state index contributed by atoms with van der Waals surface area (Å²) >= 11 is 5.92. The van der Waals surface area contributed by atoms with Gasteiger partial charge >= 0.3 is 0 Å². The van der Waals surface area contributed by atoms with Crippen molar-refractivity contribution >= 4 is 11.6 Å². The van der Waals surface area contributed by atoms with Gasteiger partial charge < -0.3 is 4.74 Å². The molecule has 0 spiro atoms. The predicted molar refractivity (Wildman–Crippen MR) is 68.3 cm³/mol. The smallest absolute Gasteiger partial charge is 0.145 e. The van der Waals surface area contributed by atoms with Crippen LogP contribution in [0.2, 0.25) is 5.02 Å². The number of hydrogen-bond acceptors (Lipinski definition) is 1. The predicted octanol–water partition coefficient (Wildman–Crippen LogP) is 4.57. The number of benzene rings is 1. The zero-order chi connectivity index (χ0) is 12.6. The minimum Gasteiger partial charge on any atom is -0.492 e. The van der Waals surface area contributed by atoms with E-state index in [4.69, 9.17) is 16.3 Å². The molecule has 0 atom stereocenters. The molecule has 1 saturated carbocycles. The highest BCUT2D eigenvalue weighted by atomic mass is 35.5. The summed E-state index contributed by atoms with van der Waals surface area (Å²) in [5.41, 5.74) is 0.800. The second kappa shape index (κ2) is 4.49. The van der Waals surface area contributed by atoms with Crippen molar-refractivity contribution in [1.82, 2.24) is 0 Å². The van der Waals surface area contributed by atoms with E-state index < -0.39 is 5.82 Å². The summed E-state index contributed by atoms with van der Waals surface area (Å²) in [7, 11) is 0. The molecule has 0 bridgehead atoms. The highest BCUT2D eigenvalue weighted by Gasteiger charge is 2.24. The zero-order valence-electron chi connectivity index (χ0n) is 10.5. The third-order valence-electron chi connectivity index (χ3n) is 3.03. The second-order valence-corrected chi connectivity index (χ2v) is 6.15. The van der Waals surface area contributed by atoms with Gasteiger partial charge in [-0.1, -0.05) is 32.4 Å². The number of halogens is 2. The Labute approximate surface area is 107 Å². The summed E-state index contributed by atoms with van der Waals surface area (Å²) in [6.07, 6.45) is 2.41. The number of hydrogen-bond donors (Lipinski definition) is 0. The number of rotatable bonds is 3. The fraction of sp³-hybridized carbons (Fsp3) is 0.571. The van der Waals surface area contributed by atoms with Crippen LogP contribution in [-0.2, 0) is 5.41 Å². The summed E-state index contributed by atoms with van der Waals surface area (Å²) < 4.78 is 19.3. The molecule has 0 amide bonds. The summed E-state index contributed by atoms with van der Waals surface area (Å²) in [4.78, 5) is 0. The van der Waals surface area contributed by atoms with Gasteiger partial charge in [0.25, 0.3) is 0 Å². The molecule has 0 aliphatic heterocycles. The molecule has 3 heteroatoms. The van der Waals surface area contributed by atoms with Crippen molar-refractivity contribution in [3.8, 4) is 5.75 Å². The molecule has 1 fully saturated rings. The normalized spacial score (nSPS) is 16.1. The molecule has 0 radical (unpaired) electrons. The number of ether oxygens (including phenoxy) is 1. The summed E-state index contributed by atoms with van der Waals surface area (Å²) in [6, 6.07) is 3.35. The Hall–Kier alpha value is -0.760. The van der Waals surface area contributed by atoms with Gasteiger partial charge in [-0.2, -0.15) is 0 Å². The van der Waals surface area contributed by atoms with Crippen molar-refractivity contribution in [1.29, 1.82) is 0 Å². The third-order valence-corrected chi connectivity index (χ3v) is 3.40. The van der Waals surface area contributed by atoms with Crippen molar-refractivity contribution in [2.75, 3.05) is 6.61 Å². The Kier molecular flexibility index (Phi) is 3.35. The lowest BCUT2D eigenvalue weighted by atomic mass is 9.87. The van der Waals surface area contributed by atoms with E-state index in [1.807, 2.05) is 26.8 Å². The van der Waals surface area contributed by atoms with Crippen molar-refractivity contribution in [2.24, 2.45) is 5.92 Å². The van der Waals surface area contributed by atoms with Gasteiger partial charge in [-0.15, -0.1) is 0 Å². The average Bonchev–Trinajstić information content (AvgIpc) is 3.02. The summed E-state index contributed by atoms with van der Waals surface area (Å²) in [6.45, 7) is 6.77. The molecule has 1 aromatic carbocycles. The minimum absolute atomic E-state index is 0.0960. The topological polar surface area (TPSA) is 9.23 Å². The Morgan fingerprint density at radius 2 is 2.00 bits per heavy atom. The van der Waals surface area contributed by atoms with Gasteiger partial charge in [0.15, 0.2) is 0 Å². The average molecular weight is 257 g/mol. The quantitative estimate of drug-likeness (QED) is 0.770. The minimum atomic E-state index is -0.398. The van der Waals surface area contributed by atoms with Crippen LogP contribution in [0, 0.1) is 11.7 Å². The Bertz CT molecular complexity index is 419. The molecule has 0 aromatic heterocycles. The fourth-order valence-electron chi connectivity index (χ4n) is 1.59. The molecular formula is C14H18ClFO. The van der Waals surface area contributed by atoms with Crippen molar-refractivity contribution in [3.05, 3.63) is 28.5 Å². The first-order valence-corrected chi connectivity index (χ1v) is 6.38. The van der Waals surface area contributed by atoms with Gasteiger partial charge in [0.05, 0.1) is 6.61 Å². The first-order chi connectivity index (χ1) is 7.88. The molecule has 0 saturated heterocycles. The molecule has 1 aromatic rings. The molecule has 0 heterocycles. The van der Waals surface area contributed by atoms with Crippen LogP contribution in [0.15, 0.2) is 12.1 Å².